The van der Waals surface area contributed by atoms with Crippen molar-refractivity contribution in [3.63, 3.8) is 0 Å². The standard InChI is InChI=1S/C15H28N2O2/c1-2-19-14(12-6-3-4-7-12)9-11-17-15(18)13-8-5-10-16-13/h12-14,16H,2-11H2,1H3,(H,17,18). The Kier molecular flexibility index (Phi) is 6.11. The number of carbonyl (C=O) groups is 1. The molecule has 4 heteroatoms. The molecule has 0 spiro atoms. The highest BCUT2D eigenvalue weighted by molar-refractivity contribution is 5.81. The van der Waals surface area contributed by atoms with Crippen LogP contribution in [0, 0.1) is 5.92 Å². The number of hydrogen-bond donors (Lipinski definition) is 2. The van der Waals surface area contributed by atoms with Crippen molar-refractivity contribution in [1.29, 1.82) is 0 Å². The Labute approximate surface area is 116 Å². The summed E-state index contributed by atoms with van der Waals surface area (Å²) in [4.78, 5) is 11.9. The van der Waals surface area contributed by atoms with Gasteiger partial charge in [-0.05, 0) is 51.5 Å². The van der Waals surface area contributed by atoms with E-state index in [1.54, 1.807) is 0 Å². The predicted molar refractivity (Wildman–Crippen MR) is 76.0 cm³/mol. The number of ether oxygens (including phenoxy) is 1. The summed E-state index contributed by atoms with van der Waals surface area (Å²) in [6.45, 7) is 4.56. The van der Waals surface area contributed by atoms with Crippen LogP contribution in [0.2, 0.25) is 0 Å². The maximum absolute atomic E-state index is 11.9. The zero-order valence-corrected chi connectivity index (χ0v) is 12.1. The van der Waals surface area contributed by atoms with Crippen molar-refractivity contribution in [3.05, 3.63) is 0 Å². The van der Waals surface area contributed by atoms with E-state index in [9.17, 15) is 4.79 Å². The first-order valence-electron chi connectivity index (χ1n) is 7.94. The average Bonchev–Trinajstić information content (AvgIpc) is 3.10. The molecule has 0 aromatic heterocycles. The quantitative estimate of drug-likeness (QED) is 0.741. The summed E-state index contributed by atoms with van der Waals surface area (Å²) in [7, 11) is 0. The van der Waals surface area contributed by atoms with Gasteiger partial charge < -0.3 is 15.4 Å². The van der Waals surface area contributed by atoms with Crippen molar-refractivity contribution in [2.24, 2.45) is 5.92 Å². The first-order valence-corrected chi connectivity index (χ1v) is 7.94. The van der Waals surface area contributed by atoms with Gasteiger partial charge in [0, 0.05) is 13.2 Å². The second-order valence-electron chi connectivity index (χ2n) is 5.77. The molecule has 1 saturated heterocycles. The third kappa shape index (κ3) is 4.46. The minimum Gasteiger partial charge on any atom is -0.378 e. The molecule has 1 amide bonds. The van der Waals surface area contributed by atoms with E-state index in [1.165, 1.54) is 25.7 Å². The van der Waals surface area contributed by atoms with E-state index in [-0.39, 0.29) is 11.9 Å². The Morgan fingerprint density at radius 2 is 2.11 bits per heavy atom. The number of hydrogen-bond acceptors (Lipinski definition) is 3. The maximum atomic E-state index is 11.9. The van der Waals surface area contributed by atoms with Gasteiger partial charge in [-0.15, -0.1) is 0 Å². The SMILES string of the molecule is CCOC(CCNC(=O)C1CCCN1)C1CCCC1. The molecule has 2 rings (SSSR count). The van der Waals surface area contributed by atoms with Crippen LogP contribution in [0.4, 0.5) is 0 Å². The molecule has 0 aromatic carbocycles. The van der Waals surface area contributed by atoms with Crippen LogP contribution in [-0.2, 0) is 9.53 Å². The van der Waals surface area contributed by atoms with Crippen LogP contribution < -0.4 is 10.6 Å². The first-order chi connectivity index (χ1) is 9.31. The van der Waals surface area contributed by atoms with E-state index in [4.69, 9.17) is 4.74 Å². The third-order valence-electron chi connectivity index (χ3n) is 4.41. The zero-order chi connectivity index (χ0) is 13.5. The topological polar surface area (TPSA) is 50.4 Å². The van der Waals surface area contributed by atoms with Gasteiger partial charge in [-0.3, -0.25) is 4.79 Å². The fraction of sp³-hybridized carbons (Fsp3) is 0.933. The Bertz CT molecular complexity index is 271. The molecule has 2 unspecified atom stereocenters. The fourth-order valence-corrected chi connectivity index (χ4v) is 3.37. The van der Waals surface area contributed by atoms with Crippen molar-refractivity contribution >= 4 is 5.91 Å². The number of rotatable bonds is 7. The smallest absolute Gasteiger partial charge is 0.237 e. The summed E-state index contributed by atoms with van der Waals surface area (Å²) in [6, 6.07) is 0.0389. The van der Waals surface area contributed by atoms with Crippen LogP contribution in [-0.4, -0.2) is 37.7 Å². The average molecular weight is 268 g/mol. The molecule has 2 fully saturated rings. The summed E-state index contributed by atoms with van der Waals surface area (Å²) in [5, 5.41) is 6.29. The lowest BCUT2D eigenvalue weighted by molar-refractivity contribution is -0.122. The predicted octanol–water partition coefficient (Wildman–Crippen LogP) is 1.84. The van der Waals surface area contributed by atoms with Crippen LogP contribution in [0.3, 0.4) is 0 Å². The van der Waals surface area contributed by atoms with Crippen molar-refractivity contribution in [3.8, 4) is 0 Å². The zero-order valence-electron chi connectivity index (χ0n) is 12.1. The van der Waals surface area contributed by atoms with Crippen molar-refractivity contribution < 1.29 is 9.53 Å². The van der Waals surface area contributed by atoms with Gasteiger partial charge in [0.1, 0.15) is 0 Å². The summed E-state index contributed by atoms with van der Waals surface area (Å²) < 4.78 is 5.87. The molecule has 2 N–H and O–H groups in total. The van der Waals surface area contributed by atoms with Crippen LogP contribution in [0.15, 0.2) is 0 Å². The molecule has 19 heavy (non-hydrogen) atoms. The van der Waals surface area contributed by atoms with E-state index in [0.717, 1.165) is 39.0 Å². The number of nitrogens with one attached hydrogen (secondary N) is 2. The highest BCUT2D eigenvalue weighted by atomic mass is 16.5. The molecule has 0 radical (unpaired) electrons. The van der Waals surface area contributed by atoms with E-state index in [0.29, 0.717) is 12.0 Å². The highest BCUT2D eigenvalue weighted by Gasteiger charge is 2.26. The lowest BCUT2D eigenvalue weighted by Crippen LogP contribution is -2.41. The number of amides is 1. The summed E-state index contributed by atoms with van der Waals surface area (Å²) in [5.41, 5.74) is 0. The van der Waals surface area contributed by atoms with Crippen LogP contribution in [0.5, 0.6) is 0 Å². The molecule has 1 saturated carbocycles. The molecule has 4 nitrogen and oxygen atoms in total. The summed E-state index contributed by atoms with van der Waals surface area (Å²) in [6.07, 6.45) is 8.65. The monoisotopic (exact) mass is 268 g/mol. The van der Waals surface area contributed by atoms with Gasteiger partial charge in [0.15, 0.2) is 0 Å². The van der Waals surface area contributed by atoms with Gasteiger partial charge in [-0.1, -0.05) is 12.8 Å². The van der Waals surface area contributed by atoms with Gasteiger partial charge >= 0.3 is 0 Å². The second-order valence-corrected chi connectivity index (χ2v) is 5.77. The molecule has 0 aromatic rings. The van der Waals surface area contributed by atoms with E-state index >= 15 is 0 Å². The van der Waals surface area contributed by atoms with Crippen LogP contribution in [0.1, 0.15) is 51.9 Å². The van der Waals surface area contributed by atoms with Crippen molar-refractivity contribution in [1.82, 2.24) is 10.6 Å². The van der Waals surface area contributed by atoms with Crippen molar-refractivity contribution in [2.45, 2.75) is 64.0 Å². The van der Waals surface area contributed by atoms with Crippen molar-refractivity contribution in [2.75, 3.05) is 19.7 Å². The largest absolute Gasteiger partial charge is 0.378 e. The van der Waals surface area contributed by atoms with Gasteiger partial charge in [-0.25, -0.2) is 0 Å². The molecular weight excluding hydrogens is 240 g/mol. The van der Waals surface area contributed by atoms with E-state index in [2.05, 4.69) is 17.6 Å². The minimum atomic E-state index is 0.0389. The van der Waals surface area contributed by atoms with Crippen LogP contribution >= 0.6 is 0 Å². The van der Waals surface area contributed by atoms with Crippen LogP contribution in [0.25, 0.3) is 0 Å². The van der Waals surface area contributed by atoms with E-state index in [1.807, 2.05) is 0 Å². The molecule has 2 atom stereocenters. The Morgan fingerprint density at radius 3 is 2.74 bits per heavy atom. The summed E-state index contributed by atoms with van der Waals surface area (Å²) >= 11 is 0. The van der Waals surface area contributed by atoms with E-state index < -0.39 is 0 Å². The second kappa shape index (κ2) is 7.85. The molecule has 0 bridgehead atoms. The lowest BCUT2D eigenvalue weighted by atomic mass is 9.98. The summed E-state index contributed by atoms with van der Waals surface area (Å²) in [5.74, 6) is 0.876. The third-order valence-corrected chi connectivity index (χ3v) is 4.41. The molecular formula is C15H28N2O2. The van der Waals surface area contributed by atoms with Gasteiger partial charge in [0.2, 0.25) is 5.91 Å². The highest BCUT2D eigenvalue weighted by Crippen LogP contribution is 2.30. The van der Waals surface area contributed by atoms with Gasteiger partial charge in [0.25, 0.3) is 0 Å². The fourth-order valence-electron chi connectivity index (χ4n) is 3.37. The number of carbonyl (C=O) groups excluding carboxylic acids is 1. The lowest BCUT2D eigenvalue weighted by Gasteiger charge is -2.23. The minimum absolute atomic E-state index is 0.0389. The Morgan fingerprint density at radius 1 is 1.32 bits per heavy atom. The normalized spacial score (nSPS) is 25.6. The molecule has 1 aliphatic heterocycles. The molecule has 1 aliphatic carbocycles. The first kappa shape index (κ1) is 14.8. The van der Waals surface area contributed by atoms with Gasteiger partial charge in [0.05, 0.1) is 12.1 Å². The van der Waals surface area contributed by atoms with Gasteiger partial charge in [-0.2, -0.15) is 0 Å². The maximum Gasteiger partial charge on any atom is 0.237 e. The Balaban J connectivity index is 1.67. The molecule has 2 aliphatic rings. The molecule has 110 valence electrons. The Hall–Kier alpha value is -0.610. The molecule has 1 heterocycles.